The van der Waals surface area contributed by atoms with Gasteiger partial charge in [-0.3, -0.25) is 0 Å². The van der Waals surface area contributed by atoms with Crippen LogP contribution in [0.25, 0.3) is 10.9 Å². The normalized spacial score (nSPS) is 10.8. The summed E-state index contributed by atoms with van der Waals surface area (Å²) in [6.45, 7) is 2.58. The summed E-state index contributed by atoms with van der Waals surface area (Å²) in [6, 6.07) is 6.20. The molecule has 1 heterocycles. The lowest BCUT2D eigenvalue weighted by molar-refractivity contribution is 0.182. The molecule has 0 aliphatic rings. The van der Waals surface area contributed by atoms with Gasteiger partial charge >= 0.3 is 0 Å². The van der Waals surface area contributed by atoms with E-state index in [0.717, 1.165) is 26.8 Å². The van der Waals surface area contributed by atoms with Crippen molar-refractivity contribution in [3.8, 4) is 0 Å². The molecule has 0 amide bonds. The van der Waals surface area contributed by atoms with Crippen LogP contribution in [0, 0.1) is 6.92 Å². The largest absolute Gasteiger partial charge is 0.388 e. The molecule has 0 aliphatic heterocycles. The van der Waals surface area contributed by atoms with Gasteiger partial charge in [-0.1, -0.05) is 12.1 Å². The van der Waals surface area contributed by atoms with Crippen molar-refractivity contribution in [3.63, 3.8) is 0 Å². The first-order valence-corrected chi connectivity index (χ1v) is 6.22. The zero-order chi connectivity index (χ0) is 12.4. The van der Waals surface area contributed by atoms with Crippen LogP contribution in [0.3, 0.4) is 0 Å². The summed E-state index contributed by atoms with van der Waals surface area (Å²) in [5, 5.41) is 4.31. The maximum Gasteiger partial charge on any atom is 0.0885 e. The standard InChI is InChI=1S/C13H15BrN2O/c1-8-4-5-10-11(15-2)6-9(7-17-3)16-13(10)12(8)14/h4-6H,7H2,1-3H3,(H,15,16). The first-order chi connectivity index (χ1) is 8.17. The molecule has 0 fully saturated rings. The number of hydrogen-bond donors (Lipinski definition) is 1. The third-order valence-electron chi connectivity index (χ3n) is 2.73. The number of benzene rings is 1. The topological polar surface area (TPSA) is 34.1 Å². The van der Waals surface area contributed by atoms with Crippen molar-refractivity contribution in [1.82, 2.24) is 4.98 Å². The maximum atomic E-state index is 5.14. The third kappa shape index (κ3) is 2.28. The Kier molecular flexibility index (Phi) is 3.64. The van der Waals surface area contributed by atoms with Crippen molar-refractivity contribution in [3.05, 3.63) is 33.9 Å². The van der Waals surface area contributed by atoms with Gasteiger partial charge in [0.05, 0.1) is 17.8 Å². The highest BCUT2D eigenvalue weighted by Gasteiger charge is 2.09. The number of ether oxygens (including phenoxy) is 1. The zero-order valence-electron chi connectivity index (χ0n) is 10.2. The van der Waals surface area contributed by atoms with E-state index in [1.807, 2.05) is 13.1 Å². The Morgan fingerprint density at radius 2 is 2.18 bits per heavy atom. The highest BCUT2D eigenvalue weighted by atomic mass is 79.9. The molecule has 0 spiro atoms. The molecule has 0 unspecified atom stereocenters. The molecule has 1 N–H and O–H groups in total. The van der Waals surface area contributed by atoms with Crippen LogP contribution in [0.4, 0.5) is 5.69 Å². The second-order valence-corrected chi connectivity index (χ2v) is 4.73. The Hall–Kier alpha value is -1.13. The Morgan fingerprint density at radius 1 is 1.41 bits per heavy atom. The van der Waals surface area contributed by atoms with Gasteiger partial charge in [0.1, 0.15) is 0 Å². The van der Waals surface area contributed by atoms with Crippen LogP contribution in [0.1, 0.15) is 11.3 Å². The van der Waals surface area contributed by atoms with Crippen LogP contribution in [-0.4, -0.2) is 19.1 Å². The van der Waals surface area contributed by atoms with E-state index in [1.165, 1.54) is 5.56 Å². The Morgan fingerprint density at radius 3 is 2.82 bits per heavy atom. The van der Waals surface area contributed by atoms with Gasteiger partial charge in [0, 0.05) is 29.7 Å². The van der Waals surface area contributed by atoms with E-state index in [2.05, 4.69) is 45.3 Å². The predicted molar refractivity (Wildman–Crippen MR) is 74.4 cm³/mol. The quantitative estimate of drug-likeness (QED) is 0.941. The van der Waals surface area contributed by atoms with Gasteiger partial charge in [-0.25, -0.2) is 4.98 Å². The first kappa shape index (κ1) is 12.3. The van der Waals surface area contributed by atoms with Gasteiger partial charge < -0.3 is 10.1 Å². The summed E-state index contributed by atoms with van der Waals surface area (Å²) < 4.78 is 6.19. The van der Waals surface area contributed by atoms with E-state index >= 15 is 0 Å². The van der Waals surface area contributed by atoms with Crippen molar-refractivity contribution in [2.24, 2.45) is 0 Å². The van der Waals surface area contributed by atoms with Gasteiger partial charge in [-0.2, -0.15) is 0 Å². The van der Waals surface area contributed by atoms with E-state index in [4.69, 9.17) is 4.74 Å². The van der Waals surface area contributed by atoms with Crippen molar-refractivity contribution in [2.45, 2.75) is 13.5 Å². The first-order valence-electron chi connectivity index (χ1n) is 5.42. The molecule has 0 aliphatic carbocycles. The molecule has 0 saturated carbocycles. The number of nitrogens with zero attached hydrogens (tertiary/aromatic N) is 1. The summed E-state index contributed by atoms with van der Waals surface area (Å²) in [6.07, 6.45) is 0. The molecule has 4 heteroatoms. The molecule has 2 aromatic rings. The van der Waals surface area contributed by atoms with Gasteiger partial charge in [0.15, 0.2) is 0 Å². The van der Waals surface area contributed by atoms with Crippen LogP contribution >= 0.6 is 15.9 Å². The summed E-state index contributed by atoms with van der Waals surface area (Å²) >= 11 is 3.60. The monoisotopic (exact) mass is 294 g/mol. The number of methoxy groups -OCH3 is 1. The average molecular weight is 295 g/mol. The molecule has 0 radical (unpaired) electrons. The second-order valence-electron chi connectivity index (χ2n) is 3.94. The molecule has 17 heavy (non-hydrogen) atoms. The van der Waals surface area contributed by atoms with Crippen molar-refractivity contribution in [1.29, 1.82) is 0 Å². The molecule has 0 bridgehead atoms. The second kappa shape index (κ2) is 5.02. The van der Waals surface area contributed by atoms with Gasteiger partial charge in [0.2, 0.25) is 0 Å². The van der Waals surface area contributed by atoms with Crippen LogP contribution in [0.2, 0.25) is 0 Å². The number of anilines is 1. The SMILES string of the molecule is CNc1cc(COC)nc2c(Br)c(C)ccc12. The number of fused-ring (bicyclic) bond motifs is 1. The van der Waals surface area contributed by atoms with Gasteiger partial charge in [-0.15, -0.1) is 0 Å². The Balaban J connectivity index is 2.73. The number of hydrogen-bond acceptors (Lipinski definition) is 3. The van der Waals surface area contributed by atoms with Crippen LogP contribution < -0.4 is 5.32 Å². The number of nitrogens with one attached hydrogen (secondary N) is 1. The molecule has 2 rings (SSSR count). The highest BCUT2D eigenvalue weighted by Crippen LogP contribution is 2.31. The lowest BCUT2D eigenvalue weighted by Gasteiger charge is -2.11. The lowest BCUT2D eigenvalue weighted by Crippen LogP contribution is -1.98. The minimum atomic E-state index is 0.519. The lowest BCUT2D eigenvalue weighted by atomic mass is 10.1. The highest BCUT2D eigenvalue weighted by molar-refractivity contribution is 9.10. The van der Waals surface area contributed by atoms with E-state index in [9.17, 15) is 0 Å². The molecule has 90 valence electrons. The molecule has 0 saturated heterocycles. The fourth-order valence-electron chi connectivity index (χ4n) is 1.84. The molecular formula is C13H15BrN2O. The minimum absolute atomic E-state index is 0.519. The molecule has 1 aromatic carbocycles. The fourth-order valence-corrected chi connectivity index (χ4v) is 2.28. The maximum absolute atomic E-state index is 5.14. The number of aromatic nitrogens is 1. The fraction of sp³-hybridized carbons (Fsp3) is 0.308. The van der Waals surface area contributed by atoms with E-state index in [-0.39, 0.29) is 0 Å². The van der Waals surface area contributed by atoms with Crippen LogP contribution in [-0.2, 0) is 11.3 Å². The van der Waals surface area contributed by atoms with Gasteiger partial charge in [0.25, 0.3) is 0 Å². The predicted octanol–water partition coefficient (Wildman–Crippen LogP) is 3.49. The van der Waals surface area contributed by atoms with Crippen molar-refractivity contribution in [2.75, 3.05) is 19.5 Å². The summed E-state index contributed by atoms with van der Waals surface area (Å²) in [4.78, 5) is 4.62. The zero-order valence-corrected chi connectivity index (χ0v) is 11.8. The van der Waals surface area contributed by atoms with Crippen molar-refractivity contribution < 1.29 is 4.74 Å². The van der Waals surface area contributed by atoms with E-state index < -0.39 is 0 Å². The number of rotatable bonds is 3. The molecule has 3 nitrogen and oxygen atoms in total. The number of pyridine rings is 1. The Labute approximate surface area is 109 Å². The van der Waals surface area contributed by atoms with E-state index in [0.29, 0.717) is 6.61 Å². The number of halogens is 1. The number of aryl methyl sites for hydroxylation is 1. The van der Waals surface area contributed by atoms with E-state index in [1.54, 1.807) is 7.11 Å². The third-order valence-corrected chi connectivity index (χ3v) is 3.73. The molecular weight excluding hydrogens is 280 g/mol. The Bertz CT molecular complexity index is 555. The van der Waals surface area contributed by atoms with Crippen LogP contribution in [0.5, 0.6) is 0 Å². The smallest absolute Gasteiger partial charge is 0.0885 e. The molecule has 1 aromatic heterocycles. The summed E-state index contributed by atoms with van der Waals surface area (Å²) in [5.41, 5.74) is 4.16. The van der Waals surface area contributed by atoms with Crippen LogP contribution in [0.15, 0.2) is 22.7 Å². The molecule has 0 atom stereocenters. The van der Waals surface area contributed by atoms with Gasteiger partial charge in [-0.05, 0) is 34.5 Å². The summed E-state index contributed by atoms with van der Waals surface area (Å²) in [7, 11) is 3.59. The minimum Gasteiger partial charge on any atom is -0.388 e. The summed E-state index contributed by atoms with van der Waals surface area (Å²) in [5.74, 6) is 0. The average Bonchev–Trinajstić information content (AvgIpc) is 2.34. The van der Waals surface area contributed by atoms with Crippen molar-refractivity contribution >= 4 is 32.5 Å².